The van der Waals surface area contributed by atoms with Gasteiger partial charge >= 0.3 is 11.9 Å². The van der Waals surface area contributed by atoms with Crippen LogP contribution in [0.2, 0.25) is 0 Å². The van der Waals surface area contributed by atoms with Crippen molar-refractivity contribution in [2.75, 3.05) is 11.1 Å². The van der Waals surface area contributed by atoms with Crippen molar-refractivity contribution in [1.82, 2.24) is 0 Å². The molecule has 5 N–H and O–H groups in total. The molecule has 2 aromatic rings. The van der Waals surface area contributed by atoms with Gasteiger partial charge in [0.1, 0.15) is 0 Å². The minimum Gasteiger partial charge on any atom is -0.478 e. The number of nitrogens with two attached hydrogens (primary N) is 1. The predicted octanol–water partition coefficient (Wildman–Crippen LogP) is 1.92. The highest BCUT2D eigenvalue weighted by atomic mass is 16.4. The van der Waals surface area contributed by atoms with E-state index in [-0.39, 0.29) is 16.7 Å². The van der Waals surface area contributed by atoms with Gasteiger partial charge in [-0.2, -0.15) is 0 Å². The van der Waals surface area contributed by atoms with Gasteiger partial charge in [0.15, 0.2) is 0 Å². The summed E-state index contributed by atoms with van der Waals surface area (Å²) in [5, 5.41) is 20.5. The molecule has 0 heterocycles. The van der Waals surface area contributed by atoms with Crippen molar-refractivity contribution >= 4 is 29.2 Å². The second kappa shape index (κ2) is 5.96. The molecule has 0 aliphatic carbocycles. The average molecular weight is 300 g/mol. The second-order valence-corrected chi connectivity index (χ2v) is 4.49. The molecule has 0 saturated carbocycles. The summed E-state index contributed by atoms with van der Waals surface area (Å²) < 4.78 is 0. The summed E-state index contributed by atoms with van der Waals surface area (Å²) in [6, 6.07) is 9.55. The molecule has 0 spiro atoms. The highest BCUT2D eigenvalue weighted by molar-refractivity contribution is 6.07. The summed E-state index contributed by atoms with van der Waals surface area (Å²) in [7, 11) is 0. The SMILES string of the molecule is Nc1ccc(NC(=O)c2cc(C(=O)O)cc(C(=O)O)c2)cc1. The van der Waals surface area contributed by atoms with E-state index < -0.39 is 17.8 Å². The fourth-order valence-electron chi connectivity index (χ4n) is 1.78. The number of nitrogens with one attached hydrogen (secondary N) is 1. The number of aromatic carboxylic acids is 2. The zero-order chi connectivity index (χ0) is 16.3. The van der Waals surface area contributed by atoms with Crippen LogP contribution >= 0.6 is 0 Å². The molecule has 0 aliphatic heterocycles. The first-order valence-electron chi connectivity index (χ1n) is 6.15. The van der Waals surface area contributed by atoms with Crippen molar-refractivity contribution in [2.24, 2.45) is 0 Å². The van der Waals surface area contributed by atoms with Crippen LogP contribution in [0.5, 0.6) is 0 Å². The third-order valence-electron chi connectivity index (χ3n) is 2.86. The van der Waals surface area contributed by atoms with E-state index in [9.17, 15) is 14.4 Å². The molecule has 7 heteroatoms. The van der Waals surface area contributed by atoms with Gasteiger partial charge < -0.3 is 21.3 Å². The molecule has 0 radical (unpaired) electrons. The zero-order valence-corrected chi connectivity index (χ0v) is 11.2. The van der Waals surface area contributed by atoms with Crippen LogP contribution in [-0.2, 0) is 0 Å². The van der Waals surface area contributed by atoms with Gasteiger partial charge in [-0.1, -0.05) is 0 Å². The molecule has 112 valence electrons. The zero-order valence-electron chi connectivity index (χ0n) is 11.2. The van der Waals surface area contributed by atoms with Crippen molar-refractivity contribution in [3.63, 3.8) is 0 Å². The minimum absolute atomic E-state index is 0.0610. The standard InChI is InChI=1S/C15H12N2O5/c16-11-1-3-12(4-2-11)17-13(18)8-5-9(14(19)20)7-10(6-8)15(21)22/h1-7H,16H2,(H,17,18)(H,19,20)(H,21,22). The molecule has 0 bridgehead atoms. The molecule has 0 unspecified atom stereocenters. The lowest BCUT2D eigenvalue weighted by atomic mass is 10.0. The summed E-state index contributed by atoms with van der Waals surface area (Å²) in [5.74, 6) is -3.25. The molecular formula is C15H12N2O5. The molecular weight excluding hydrogens is 288 g/mol. The molecule has 0 fully saturated rings. The van der Waals surface area contributed by atoms with E-state index in [4.69, 9.17) is 15.9 Å². The van der Waals surface area contributed by atoms with Gasteiger partial charge in [0.05, 0.1) is 11.1 Å². The Balaban J connectivity index is 2.34. The highest BCUT2D eigenvalue weighted by Crippen LogP contribution is 2.15. The number of carbonyl (C=O) groups excluding carboxylic acids is 1. The number of benzene rings is 2. The van der Waals surface area contributed by atoms with Gasteiger partial charge in [0.2, 0.25) is 0 Å². The fraction of sp³-hybridized carbons (Fsp3) is 0. The second-order valence-electron chi connectivity index (χ2n) is 4.49. The number of nitrogen functional groups attached to an aromatic ring is 1. The van der Waals surface area contributed by atoms with Crippen LogP contribution < -0.4 is 11.1 Å². The maximum Gasteiger partial charge on any atom is 0.335 e. The van der Waals surface area contributed by atoms with Gasteiger partial charge in [-0.3, -0.25) is 4.79 Å². The van der Waals surface area contributed by atoms with Crippen LogP contribution in [0.1, 0.15) is 31.1 Å². The molecule has 1 amide bonds. The van der Waals surface area contributed by atoms with Crippen molar-refractivity contribution < 1.29 is 24.6 Å². The van der Waals surface area contributed by atoms with Gasteiger partial charge in [0.25, 0.3) is 5.91 Å². The van der Waals surface area contributed by atoms with Crippen LogP contribution in [0.25, 0.3) is 0 Å². The third kappa shape index (κ3) is 3.40. The van der Waals surface area contributed by atoms with Crippen molar-refractivity contribution in [3.8, 4) is 0 Å². The topological polar surface area (TPSA) is 130 Å². The number of rotatable bonds is 4. The summed E-state index contributed by atoms with van der Waals surface area (Å²) in [5.41, 5.74) is 5.90. The summed E-state index contributed by atoms with van der Waals surface area (Å²) in [6.07, 6.45) is 0. The Morgan fingerprint density at radius 1 is 0.818 bits per heavy atom. The van der Waals surface area contributed by atoms with E-state index in [0.29, 0.717) is 11.4 Å². The molecule has 0 aliphatic rings. The highest BCUT2D eigenvalue weighted by Gasteiger charge is 2.15. The van der Waals surface area contributed by atoms with Crippen LogP contribution in [0.3, 0.4) is 0 Å². The van der Waals surface area contributed by atoms with E-state index >= 15 is 0 Å². The Hall–Kier alpha value is -3.35. The molecule has 22 heavy (non-hydrogen) atoms. The largest absolute Gasteiger partial charge is 0.478 e. The van der Waals surface area contributed by atoms with Crippen LogP contribution in [0.4, 0.5) is 11.4 Å². The summed E-state index contributed by atoms with van der Waals surface area (Å²) in [6.45, 7) is 0. The lowest BCUT2D eigenvalue weighted by molar-refractivity contribution is 0.0696. The monoisotopic (exact) mass is 300 g/mol. The number of anilines is 2. The Morgan fingerprint density at radius 2 is 1.27 bits per heavy atom. The number of carboxylic acids is 2. The van der Waals surface area contributed by atoms with Crippen molar-refractivity contribution in [1.29, 1.82) is 0 Å². The predicted molar refractivity (Wildman–Crippen MR) is 79.2 cm³/mol. The van der Waals surface area contributed by atoms with Crippen LogP contribution in [-0.4, -0.2) is 28.1 Å². The fourth-order valence-corrected chi connectivity index (χ4v) is 1.78. The smallest absolute Gasteiger partial charge is 0.335 e. The molecule has 2 aromatic carbocycles. The number of amides is 1. The normalized spacial score (nSPS) is 10.0. The number of carbonyl (C=O) groups is 3. The maximum absolute atomic E-state index is 12.1. The van der Waals surface area contributed by atoms with E-state index in [0.717, 1.165) is 18.2 Å². The third-order valence-corrected chi connectivity index (χ3v) is 2.86. The Labute approximate surface area is 125 Å². The van der Waals surface area contributed by atoms with Gasteiger partial charge in [0, 0.05) is 16.9 Å². The molecule has 0 atom stereocenters. The Kier molecular flexibility index (Phi) is 4.08. The van der Waals surface area contributed by atoms with Crippen LogP contribution in [0, 0.1) is 0 Å². The van der Waals surface area contributed by atoms with Gasteiger partial charge in [-0.15, -0.1) is 0 Å². The van der Waals surface area contributed by atoms with Gasteiger partial charge in [-0.25, -0.2) is 9.59 Å². The molecule has 2 rings (SSSR count). The van der Waals surface area contributed by atoms with Gasteiger partial charge in [-0.05, 0) is 42.5 Å². The maximum atomic E-state index is 12.1. The summed E-state index contributed by atoms with van der Waals surface area (Å²) >= 11 is 0. The Morgan fingerprint density at radius 3 is 1.73 bits per heavy atom. The first-order chi connectivity index (χ1) is 10.4. The quantitative estimate of drug-likeness (QED) is 0.638. The minimum atomic E-state index is -1.32. The van der Waals surface area contributed by atoms with Crippen molar-refractivity contribution in [3.05, 3.63) is 59.2 Å². The first kappa shape index (κ1) is 15.0. The van der Waals surface area contributed by atoms with Crippen molar-refractivity contribution in [2.45, 2.75) is 0 Å². The lowest BCUT2D eigenvalue weighted by Gasteiger charge is -2.07. The molecule has 0 aromatic heterocycles. The van der Waals surface area contributed by atoms with E-state index in [1.54, 1.807) is 24.3 Å². The van der Waals surface area contributed by atoms with E-state index in [1.807, 2.05) is 0 Å². The summed E-state index contributed by atoms with van der Waals surface area (Å²) in [4.78, 5) is 34.1. The average Bonchev–Trinajstić information content (AvgIpc) is 2.49. The first-order valence-corrected chi connectivity index (χ1v) is 6.15. The Bertz CT molecular complexity index is 721. The van der Waals surface area contributed by atoms with E-state index in [1.165, 1.54) is 0 Å². The van der Waals surface area contributed by atoms with E-state index in [2.05, 4.69) is 5.32 Å². The number of hydrogen-bond acceptors (Lipinski definition) is 4. The molecule has 7 nitrogen and oxygen atoms in total. The lowest BCUT2D eigenvalue weighted by Crippen LogP contribution is -2.14. The number of carboxylic acid groups (broad SMARTS) is 2. The number of hydrogen-bond donors (Lipinski definition) is 4. The van der Waals surface area contributed by atoms with Crippen LogP contribution in [0.15, 0.2) is 42.5 Å². The molecule has 0 saturated heterocycles.